The molecule has 0 aliphatic heterocycles. The fourth-order valence-electron chi connectivity index (χ4n) is 2.10. The number of aliphatic carboxylic acids is 1. The van der Waals surface area contributed by atoms with E-state index in [2.05, 4.69) is 20.8 Å². The first-order chi connectivity index (χ1) is 9.75. The molecule has 0 aliphatic carbocycles. The minimum Gasteiger partial charge on any atom is -0.481 e. The number of hydrogen-bond acceptors (Lipinski definition) is 2. The van der Waals surface area contributed by atoms with Crippen molar-refractivity contribution in [3.63, 3.8) is 0 Å². The predicted molar refractivity (Wildman–Crippen MR) is 84.7 cm³/mol. The highest BCUT2D eigenvalue weighted by Crippen LogP contribution is 2.25. The molecule has 4 heteroatoms. The van der Waals surface area contributed by atoms with Crippen LogP contribution in [0.3, 0.4) is 0 Å². The Bertz CT molecular complexity index is 486. The third-order valence-electron chi connectivity index (χ3n) is 3.36. The van der Waals surface area contributed by atoms with Crippen LogP contribution in [0.2, 0.25) is 0 Å². The molecule has 0 atom stereocenters. The monoisotopic (exact) mass is 291 g/mol. The summed E-state index contributed by atoms with van der Waals surface area (Å²) in [5.74, 6) is -0.919. The number of anilines is 1. The smallest absolute Gasteiger partial charge is 0.305 e. The van der Waals surface area contributed by atoms with Crippen molar-refractivity contribution in [1.29, 1.82) is 0 Å². The first-order valence-corrected chi connectivity index (χ1v) is 7.38. The Balaban J connectivity index is 2.96. The lowest BCUT2D eigenvalue weighted by Crippen LogP contribution is -2.32. The Kier molecular flexibility index (Phi) is 5.94. The molecule has 0 spiro atoms. The Hall–Kier alpha value is -1.84. The van der Waals surface area contributed by atoms with Gasteiger partial charge in [0.05, 0.1) is 6.42 Å². The molecular formula is C17H25NO3. The van der Waals surface area contributed by atoms with Crippen LogP contribution in [0.25, 0.3) is 0 Å². The quantitative estimate of drug-likeness (QED) is 0.871. The van der Waals surface area contributed by atoms with Gasteiger partial charge in [-0.3, -0.25) is 9.59 Å². The van der Waals surface area contributed by atoms with Crippen molar-refractivity contribution in [2.45, 2.75) is 52.4 Å². The summed E-state index contributed by atoms with van der Waals surface area (Å²) in [5, 5.41) is 8.83. The Labute approximate surface area is 126 Å². The molecule has 4 nitrogen and oxygen atoms in total. The maximum Gasteiger partial charge on any atom is 0.305 e. The van der Waals surface area contributed by atoms with Gasteiger partial charge in [-0.05, 0) is 29.5 Å². The number of carboxylic acid groups (broad SMARTS) is 1. The van der Waals surface area contributed by atoms with Gasteiger partial charge in [-0.25, -0.2) is 0 Å². The van der Waals surface area contributed by atoms with Crippen LogP contribution in [0.15, 0.2) is 24.3 Å². The highest BCUT2D eigenvalue weighted by molar-refractivity contribution is 5.93. The molecule has 0 heterocycles. The topological polar surface area (TPSA) is 57.6 Å². The molecule has 1 N–H and O–H groups in total. The number of nitrogens with zero attached hydrogens (tertiary/aromatic N) is 1. The van der Waals surface area contributed by atoms with Crippen molar-refractivity contribution >= 4 is 17.6 Å². The van der Waals surface area contributed by atoms with Crippen LogP contribution in [0.5, 0.6) is 0 Å². The van der Waals surface area contributed by atoms with Crippen LogP contribution in [-0.2, 0) is 15.0 Å². The van der Waals surface area contributed by atoms with E-state index in [0.29, 0.717) is 6.42 Å². The van der Waals surface area contributed by atoms with Crippen LogP contribution in [-0.4, -0.2) is 23.5 Å². The van der Waals surface area contributed by atoms with Crippen molar-refractivity contribution in [2.75, 3.05) is 11.4 Å². The van der Waals surface area contributed by atoms with Crippen molar-refractivity contribution in [2.24, 2.45) is 0 Å². The van der Waals surface area contributed by atoms with Crippen LogP contribution in [0, 0.1) is 0 Å². The average molecular weight is 291 g/mol. The maximum absolute atomic E-state index is 12.2. The summed E-state index contributed by atoms with van der Waals surface area (Å²) in [6.07, 6.45) is 1.14. The molecule has 0 saturated heterocycles. The average Bonchev–Trinajstić information content (AvgIpc) is 2.38. The fourth-order valence-corrected chi connectivity index (χ4v) is 2.10. The number of carbonyl (C=O) groups is 2. The standard InChI is InChI=1S/C17H25NO3/c1-5-6-15(19)18(12-11-16(20)21)14-9-7-13(8-10-14)17(2,3)4/h7-10H,5-6,11-12H2,1-4H3,(H,20,21). The highest BCUT2D eigenvalue weighted by Gasteiger charge is 2.18. The lowest BCUT2D eigenvalue weighted by atomic mass is 9.87. The maximum atomic E-state index is 12.2. The number of benzene rings is 1. The van der Waals surface area contributed by atoms with Crippen LogP contribution < -0.4 is 4.90 Å². The zero-order valence-electron chi connectivity index (χ0n) is 13.3. The van der Waals surface area contributed by atoms with Gasteiger partial charge >= 0.3 is 5.97 Å². The van der Waals surface area contributed by atoms with Crippen molar-refractivity contribution in [1.82, 2.24) is 0 Å². The largest absolute Gasteiger partial charge is 0.481 e. The molecule has 0 unspecified atom stereocenters. The second-order valence-electron chi connectivity index (χ2n) is 6.24. The molecule has 0 radical (unpaired) electrons. The lowest BCUT2D eigenvalue weighted by molar-refractivity contribution is -0.136. The molecule has 0 aliphatic rings. The molecule has 0 aromatic heterocycles. The summed E-state index contributed by atoms with van der Waals surface area (Å²) in [5.41, 5.74) is 2.01. The molecule has 0 saturated carbocycles. The molecule has 0 fully saturated rings. The molecule has 1 amide bonds. The molecule has 1 aromatic rings. The molecule has 21 heavy (non-hydrogen) atoms. The molecule has 1 rings (SSSR count). The number of amides is 1. The third-order valence-corrected chi connectivity index (χ3v) is 3.36. The van der Waals surface area contributed by atoms with Gasteiger partial charge in [0.2, 0.25) is 5.91 Å². The zero-order chi connectivity index (χ0) is 16.0. The van der Waals surface area contributed by atoms with Gasteiger partial charge in [-0.1, -0.05) is 39.8 Å². The minimum atomic E-state index is -0.893. The summed E-state index contributed by atoms with van der Waals surface area (Å²) in [4.78, 5) is 24.5. The van der Waals surface area contributed by atoms with Crippen LogP contribution in [0.4, 0.5) is 5.69 Å². The third kappa shape index (κ3) is 5.21. The van der Waals surface area contributed by atoms with Crippen LogP contribution in [0.1, 0.15) is 52.5 Å². The van der Waals surface area contributed by atoms with E-state index in [1.807, 2.05) is 31.2 Å². The summed E-state index contributed by atoms with van der Waals surface area (Å²) < 4.78 is 0. The Morgan fingerprint density at radius 2 is 1.67 bits per heavy atom. The van der Waals surface area contributed by atoms with E-state index in [-0.39, 0.29) is 24.3 Å². The SMILES string of the molecule is CCCC(=O)N(CCC(=O)O)c1ccc(C(C)(C)C)cc1. The van der Waals surface area contributed by atoms with E-state index in [0.717, 1.165) is 12.1 Å². The van der Waals surface area contributed by atoms with Gasteiger partial charge in [0, 0.05) is 18.7 Å². The van der Waals surface area contributed by atoms with Crippen molar-refractivity contribution in [3.8, 4) is 0 Å². The normalized spacial score (nSPS) is 11.2. The summed E-state index contributed by atoms with van der Waals surface area (Å²) in [7, 11) is 0. The fraction of sp³-hybridized carbons (Fsp3) is 0.529. The van der Waals surface area contributed by atoms with Gasteiger partial charge in [0.15, 0.2) is 0 Å². The van der Waals surface area contributed by atoms with Crippen molar-refractivity contribution < 1.29 is 14.7 Å². The van der Waals surface area contributed by atoms with E-state index >= 15 is 0 Å². The van der Waals surface area contributed by atoms with E-state index in [4.69, 9.17) is 5.11 Å². The van der Waals surface area contributed by atoms with Gasteiger partial charge in [0.25, 0.3) is 0 Å². The number of hydrogen-bond donors (Lipinski definition) is 1. The second-order valence-corrected chi connectivity index (χ2v) is 6.24. The summed E-state index contributed by atoms with van der Waals surface area (Å²) >= 11 is 0. The molecular weight excluding hydrogens is 266 g/mol. The van der Waals surface area contributed by atoms with E-state index < -0.39 is 5.97 Å². The summed E-state index contributed by atoms with van der Waals surface area (Å²) in [6, 6.07) is 7.80. The first-order valence-electron chi connectivity index (χ1n) is 7.38. The van der Waals surface area contributed by atoms with E-state index in [1.165, 1.54) is 5.56 Å². The Morgan fingerprint density at radius 3 is 2.10 bits per heavy atom. The number of carbonyl (C=O) groups excluding carboxylic acids is 1. The molecule has 1 aromatic carbocycles. The minimum absolute atomic E-state index is 0.0257. The number of carboxylic acids is 1. The van der Waals surface area contributed by atoms with Crippen molar-refractivity contribution in [3.05, 3.63) is 29.8 Å². The van der Waals surface area contributed by atoms with E-state index in [1.54, 1.807) is 4.90 Å². The van der Waals surface area contributed by atoms with Gasteiger partial charge in [-0.2, -0.15) is 0 Å². The van der Waals surface area contributed by atoms with E-state index in [9.17, 15) is 9.59 Å². The second kappa shape index (κ2) is 7.25. The lowest BCUT2D eigenvalue weighted by Gasteiger charge is -2.24. The summed E-state index contributed by atoms with van der Waals surface area (Å²) in [6.45, 7) is 8.55. The first kappa shape index (κ1) is 17.2. The highest BCUT2D eigenvalue weighted by atomic mass is 16.4. The number of rotatable bonds is 6. The van der Waals surface area contributed by atoms with Gasteiger partial charge < -0.3 is 10.0 Å². The zero-order valence-corrected chi connectivity index (χ0v) is 13.3. The van der Waals surface area contributed by atoms with Gasteiger partial charge in [-0.15, -0.1) is 0 Å². The predicted octanol–water partition coefficient (Wildman–Crippen LogP) is 3.59. The van der Waals surface area contributed by atoms with Crippen LogP contribution >= 0.6 is 0 Å². The molecule has 0 bridgehead atoms. The molecule has 116 valence electrons. The van der Waals surface area contributed by atoms with Gasteiger partial charge in [0.1, 0.15) is 0 Å². The Morgan fingerprint density at radius 1 is 1.10 bits per heavy atom.